The van der Waals surface area contributed by atoms with Gasteiger partial charge >= 0.3 is 0 Å². The molecule has 5 rings (SSSR count). The molecule has 2 fully saturated rings. The van der Waals surface area contributed by atoms with E-state index in [2.05, 4.69) is 49.9 Å². The highest BCUT2D eigenvalue weighted by atomic mass is 16.2. The lowest BCUT2D eigenvalue weighted by Crippen LogP contribution is -2.52. The molecular formula is C22H27N7O. The Morgan fingerprint density at radius 1 is 1.00 bits per heavy atom. The van der Waals surface area contributed by atoms with Gasteiger partial charge < -0.3 is 19.7 Å². The first-order valence-corrected chi connectivity index (χ1v) is 10.7. The number of aromatic amines is 1. The molecule has 0 saturated carbocycles. The Kier molecular flexibility index (Phi) is 4.98. The van der Waals surface area contributed by atoms with E-state index in [-0.39, 0.29) is 5.92 Å². The number of H-pyrrole nitrogens is 1. The third kappa shape index (κ3) is 3.69. The van der Waals surface area contributed by atoms with Crippen LogP contribution < -0.4 is 9.80 Å². The summed E-state index contributed by atoms with van der Waals surface area (Å²) >= 11 is 0. The molecule has 30 heavy (non-hydrogen) atoms. The minimum absolute atomic E-state index is 0.104. The van der Waals surface area contributed by atoms with Crippen LogP contribution in [0.25, 0.3) is 11.0 Å². The number of imidazole rings is 1. The van der Waals surface area contributed by atoms with Crippen molar-refractivity contribution in [1.29, 1.82) is 0 Å². The van der Waals surface area contributed by atoms with Crippen LogP contribution in [0.2, 0.25) is 0 Å². The Labute approximate surface area is 175 Å². The smallest absolute Gasteiger partial charge is 0.225 e. The number of nitrogens with zero attached hydrogens (tertiary/aromatic N) is 6. The molecule has 0 aliphatic carbocycles. The average molecular weight is 406 g/mol. The van der Waals surface area contributed by atoms with Crippen LogP contribution in [0.1, 0.15) is 18.4 Å². The van der Waals surface area contributed by atoms with Gasteiger partial charge in [0.1, 0.15) is 0 Å². The summed E-state index contributed by atoms with van der Waals surface area (Å²) in [5.74, 6) is 2.06. The zero-order valence-corrected chi connectivity index (χ0v) is 17.3. The standard InChI is InChI=1S/C22H27N7O/c1-16-3-4-18-19(15-16)26-22(25-18)28-9-5-17(6-10-28)20(30)27-11-13-29(14-12-27)21-23-7-2-8-24-21/h2-4,7-8,15,17H,5-6,9-14H2,1H3,(H,25,26). The molecule has 0 unspecified atom stereocenters. The summed E-state index contributed by atoms with van der Waals surface area (Å²) < 4.78 is 0. The summed E-state index contributed by atoms with van der Waals surface area (Å²) in [7, 11) is 0. The summed E-state index contributed by atoms with van der Waals surface area (Å²) in [4.78, 5) is 36.3. The van der Waals surface area contributed by atoms with E-state index in [0.717, 1.165) is 75.0 Å². The van der Waals surface area contributed by atoms with Crippen molar-refractivity contribution in [3.8, 4) is 0 Å². The van der Waals surface area contributed by atoms with Gasteiger partial charge in [-0.15, -0.1) is 0 Å². The number of rotatable bonds is 3. The number of carbonyl (C=O) groups excluding carboxylic acids is 1. The van der Waals surface area contributed by atoms with E-state index in [1.165, 1.54) is 5.56 Å². The lowest BCUT2D eigenvalue weighted by atomic mass is 9.95. The first-order chi connectivity index (χ1) is 14.7. The van der Waals surface area contributed by atoms with Crippen LogP contribution in [-0.2, 0) is 4.79 Å². The maximum atomic E-state index is 13.1. The van der Waals surface area contributed by atoms with E-state index >= 15 is 0 Å². The number of hydrogen-bond acceptors (Lipinski definition) is 6. The lowest BCUT2D eigenvalue weighted by molar-refractivity contribution is -0.136. The van der Waals surface area contributed by atoms with Crippen molar-refractivity contribution in [3.63, 3.8) is 0 Å². The second-order valence-electron chi connectivity index (χ2n) is 8.20. The molecule has 3 aromatic rings. The van der Waals surface area contributed by atoms with E-state index in [1.807, 2.05) is 11.0 Å². The molecule has 1 N–H and O–H groups in total. The number of hydrogen-bond donors (Lipinski definition) is 1. The van der Waals surface area contributed by atoms with Crippen LogP contribution in [0.3, 0.4) is 0 Å². The summed E-state index contributed by atoms with van der Waals surface area (Å²) in [5, 5.41) is 0. The predicted molar refractivity (Wildman–Crippen MR) is 117 cm³/mol. The molecule has 0 atom stereocenters. The van der Waals surface area contributed by atoms with Crippen LogP contribution in [0, 0.1) is 12.8 Å². The number of anilines is 2. The second kappa shape index (κ2) is 7.93. The van der Waals surface area contributed by atoms with E-state index < -0.39 is 0 Å². The molecule has 2 aliphatic rings. The van der Waals surface area contributed by atoms with E-state index in [1.54, 1.807) is 12.4 Å². The van der Waals surface area contributed by atoms with Crippen LogP contribution in [0.5, 0.6) is 0 Å². The fourth-order valence-corrected chi connectivity index (χ4v) is 4.44. The number of nitrogens with one attached hydrogen (secondary N) is 1. The van der Waals surface area contributed by atoms with Crippen LogP contribution >= 0.6 is 0 Å². The average Bonchev–Trinajstić information content (AvgIpc) is 3.23. The number of piperazine rings is 1. The van der Waals surface area contributed by atoms with E-state index in [9.17, 15) is 4.79 Å². The molecule has 8 heteroatoms. The van der Waals surface area contributed by atoms with Crippen molar-refractivity contribution in [1.82, 2.24) is 24.8 Å². The summed E-state index contributed by atoms with van der Waals surface area (Å²) in [6.45, 7) is 6.84. The maximum absolute atomic E-state index is 13.1. The van der Waals surface area contributed by atoms with Gasteiger partial charge in [0.2, 0.25) is 17.8 Å². The highest BCUT2D eigenvalue weighted by Gasteiger charge is 2.31. The third-order valence-corrected chi connectivity index (χ3v) is 6.19. The third-order valence-electron chi connectivity index (χ3n) is 6.19. The molecule has 1 amide bonds. The van der Waals surface area contributed by atoms with Gasteiger partial charge in [-0.1, -0.05) is 6.07 Å². The Bertz CT molecular complexity index is 1020. The lowest BCUT2D eigenvalue weighted by Gasteiger charge is -2.38. The van der Waals surface area contributed by atoms with Crippen molar-refractivity contribution < 1.29 is 4.79 Å². The number of amides is 1. The zero-order valence-electron chi connectivity index (χ0n) is 17.3. The van der Waals surface area contributed by atoms with Crippen molar-refractivity contribution in [2.45, 2.75) is 19.8 Å². The largest absolute Gasteiger partial charge is 0.342 e. The van der Waals surface area contributed by atoms with Crippen LogP contribution in [-0.4, -0.2) is 70.0 Å². The normalized spacial score (nSPS) is 18.2. The highest BCUT2D eigenvalue weighted by molar-refractivity contribution is 5.80. The van der Waals surface area contributed by atoms with Crippen LogP contribution in [0.4, 0.5) is 11.9 Å². The first kappa shape index (κ1) is 18.8. The van der Waals surface area contributed by atoms with Gasteiger partial charge in [-0.3, -0.25) is 4.79 Å². The molecule has 0 radical (unpaired) electrons. The minimum atomic E-state index is 0.104. The number of piperidine rings is 1. The topological polar surface area (TPSA) is 81.2 Å². The van der Waals surface area contributed by atoms with Gasteiger partial charge in [-0.2, -0.15) is 0 Å². The first-order valence-electron chi connectivity index (χ1n) is 10.7. The Morgan fingerprint density at radius 3 is 2.47 bits per heavy atom. The van der Waals surface area contributed by atoms with Crippen molar-refractivity contribution in [2.24, 2.45) is 5.92 Å². The number of carbonyl (C=O) groups is 1. The Hall–Kier alpha value is -3.16. The molecule has 2 aromatic heterocycles. The van der Waals surface area contributed by atoms with E-state index in [4.69, 9.17) is 4.98 Å². The predicted octanol–water partition coefficient (Wildman–Crippen LogP) is 2.23. The molecular weight excluding hydrogens is 378 g/mol. The Morgan fingerprint density at radius 2 is 1.73 bits per heavy atom. The number of aryl methyl sites for hydroxylation is 1. The van der Waals surface area contributed by atoms with Gasteiger partial charge in [0.15, 0.2) is 0 Å². The fourth-order valence-electron chi connectivity index (χ4n) is 4.44. The number of aromatic nitrogens is 4. The molecule has 156 valence electrons. The van der Waals surface area contributed by atoms with Crippen molar-refractivity contribution >= 4 is 28.8 Å². The highest BCUT2D eigenvalue weighted by Crippen LogP contribution is 2.25. The molecule has 2 aliphatic heterocycles. The van der Waals surface area contributed by atoms with Gasteiger partial charge in [-0.05, 0) is 43.5 Å². The van der Waals surface area contributed by atoms with Gasteiger partial charge in [0, 0.05) is 57.6 Å². The quantitative estimate of drug-likeness (QED) is 0.720. The van der Waals surface area contributed by atoms with Crippen molar-refractivity contribution in [2.75, 3.05) is 49.1 Å². The van der Waals surface area contributed by atoms with Crippen molar-refractivity contribution in [3.05, 3.63) is 42.2 Å². The number of fused-ring (bicyclic) bond motifs is 1. The molecule has 0 bridgehead atoms. The second-order valence-corrected chi connectivity index (χ2v) is 8.20. The zero-order chi connectivity index (χ0) is 20.5. The monoisotopic (exact) mass is 405 g/mol. The molecule has 2 saturated heterocycles. The van der Waals surface area contributed by atoms with Gasteiger partial charge in [0.05, 0.1) is 11.0 Å². The van der Waals surface area contributed by atoms with Gasteiger partial charge in [0.25, 0.3) is 0 Å². The maximum Gasteiger partial charge on any atom is 0.225 e. The molecule has 8 nitrogen and oxygen atoms in total. The molecule has 0 spiro atoms. The SMILES string of the molecule is Cc1ccc2nc(N3CCC(C(=O)N4CCN(c5ncccn5)CC4)CC3)[nH]c2c1. The summed E-state index contributed by atoms with van der Waals surface area (Å²) in [5.41, 5.74) is 3.29. The summed E-state index contributed by atoms with van der Waals surface area (Å²) in [6.07, 6.45) is 5.27. The van der Waals surface area contributed by atoms with Gasteiger partial charge in [-0.25, -0.2) is 15.0 Å². The van der Waals surface area contributed by atoms with Crippen LogP contribution in [0.15, 0.2) is 36.7 Å². The van der Waals surface area contributed by atoms with E-state index in [0.29, 0.717) is 5.91 Å². The molecule has 1 aromatic carbocycles. The minimum Gasteiger partial charge on any atom is -0.342 e. The summed E-state index contributed by atoms with van der Waals surface area (Å²) in [6, 6.07) is 8.09. The molecule has 4 heterocycles. The fraction of sp³-hybridized carbons (Fsp3) is 0.455. The number of benzene rings is 1. The Balaban J connectivity index is 1.16.